The largest absolute Gasteiger partial charge is 0.480 e. The molecule has 6 nitrogen and oxygen atoms in total. The van der Waals surface area contributed by atoms with Gasteiger partial charge < -0.3 is 20.4 Å². The molecule has 0 spiro atoms. The quantitative estimate of drug-likeness (QED) is 0.695. The van der Waals surface area contributed by atoms with Crippen molar-refractivity contribution in [3.8, 4) is 0 Å². The Kier molecular flexibility index (Phi) is 5.40. The number of hydrogen-bond donors (Lipinski definition) is 3. The Bertz CT molecular complexity index is 308. The van der Waals surface area contributed by atoms with Gasteiger partial charge in [0.05, 0.1) is 12.1 Å². The third kappa shape index (κ3) is 3.60. The van der Waals surface area contributed by atoms with Crippen LogP contribution in [0.15, 0.2) is 0 Å². The van der Waals surface area contributed by atoms with Crippen LogP contribution in [-0.2, 0) is 4.79 Å². The molecule has 1 saturated carbocycles. The summed E-state index contributed by atoms with van der Waals surface area (Å²) in [5.41, 5.74) is 0. The fourth-order valence-corrected chi connectivity index (χ4v) is 2.30. The number of hydrogen-bond acceptors (Lipinski definition) is 3. The Labute approximate surface area is 107 Å². The number of aliphatic hydroxyl groups is 1. The molecule has 0 aliphatic heterocycles. The number of carbonyl (C=O) groups excluding carboxylic acids is 1. The molecule has 0 radical (unpaired) electrons. The molecule has 1 aliphatic rings. The first kappa shape index (κ1) is 14.8. The number of carbonyl (C=O) groups is 2. The van der Waals surface area contributed by atoms with E-state index in [1.807, 2.05) is 0 Å². The lowest BCUT2D eigenvalue weighted by molar-refractivity contribution is -0.141. The standard InChI is InChI=1S/C12H22N2O4/c1-3-9(11(16)17)14(2)12(18)13-8-6-4-5-7-10(8)15/h8-10,15H,3-7H2,1-2H3,(H,13,18)(H,16,17). The van der Waals surface area contributed by atoms with Crippen LogP contribution in [0.1, 0.15) is 39.0 Å². The molecule has 1 rings (SSSR count). The summed E-state index contributed by atoms with van der Waals surface area (Å²) >= 11 is 0. The van der Waals surface area contributed by atoms with E-state index in [0.717, 1.165) is 19.3 Å². The predicted molar refractivity (Wildman–Crippen MR) is 66.3 cm³/mol. The lowest BCUT2D eigenvalue weighted by Crippen LogP contribution is -2.53. The molecule has 1 fully saturated rings. The highest BCUT2D eigenvalue weighted by Crippen LogP contribution is 2.18. The number of aliphatic hydroxyl groups excluding tert-OH is 1. The minimum Gasteiger partial charge on any atom is -0.480 e. The van der Waals surface area contributed by atoms with E-state index < -0.39 is 24.1 Å². The molecule has 0 bridgehead atoms. The van der Waals surface area contributed by atoms with Crippen LogP contribution in [0, 0.1) is 0 Å². The Hall–Kier alpha value is -1.30. The zero-order valence-corrected chi connectivity index (χ0v) is 10.9. The lowest BCUT2D eigenvalue weighted by Gasteiger charge is -2.31. The molecule has 0 aromatic carbocycles. The molecule has 0 saturated heterocycles. The van der Waals surface area contributed by atoms with Gasteiger partial charge in [0.2, 0.25) is 0 Å². The van der Waals surface area contributed by atoms with Gasteiger partial charge in [-0.1, -0.05) is 19.8 Å². The molecule has 104 valence electrons. The van der Waals surface area contributed by atoms with E-state index in [0.29, 0.717) is 12.8 Å². The molecule has 0 heterocycles. The molecule has 6 heteroatoms. The third-order valence-corrected chi connectivity index (χ3v) is 3.50. The lowest BCUT2D eigenvalue weighted by atomic mass is 9.93. The van der Waals surface area contributed by atoms with E-state index >= 15 is 0 Å². The number of likely N-dealkylation sites (N-methyl/N-ethyl adjacent to an activating group) is 1. The van der Waals surface area contributed by atoms with Gasteiger partial charge in [-0.25, -0.2) is 9.59 Å². The second-order valence-corrected chi connectivity index (χ2v) is 4.78. The Balaban J connectivity index is 2.55. The molecule has 18 heavy (non-hydrogen) atoms. The summed E-state index contributed by atoms with van der Waals surface area (Å²) in [4.78, 5) is 24.0. The van der Waals surface area contributed by atoms with E-state index in [-0.39, 0.29) is 6.04 Å². The van der Waals surface area contributed by atoms with Gasteiger partial charge in [-0.05, 0) is 19.3 Å². The average molecular weight is 258 g/mol. The number of carboxylic acids is 1. The number of rotatable bonds is 4. The maximum atomic E-state index is 11.9. The zero-order chi connectivity index (χ0) is 13.7. The first-order valence-corrected chi connectivity index (χ1v) is 6.41. The van der Waals surface area contributed by atoms with E-state index in [9.17, 15) is 14.7 Å². The summed E-state index contributed by atoms with van der Waals surface area (Å²) in [7, 11) is 1.47. The monoisotopic (exact) mass is 258 g/mol. The van der Waals surface area contributed by atoms with Crippen LogP contribution in [0.4, 0.5) is 4.79 Å². The molecule has 1 aliphatic carbocycles. The molecular weight excluding hydrogens is 236 g/mol. The van der Waals surface area contributed by atoms with Crippen LogP contribution in [-0.4, -0.2) is 52.3 Å². The van der Waals surface area contributed by atoms with Crippen molar-refractivity contribution in [3.63, 3.8) is 0 Å². The number of carboxylic acid groups (broad SMARTS) is 1. The van der Waals surface area contributed by atoms with E-state index in [2.05, 4.69) is 5.32 Å². The van der Waals surface area contributed by atoms with Crippen LogP contribution in [0.25, 0.3) is 0 Å². The van der Waals surface area contributed by atoms with E-state index in [4.69, 9.17) is 5.11 Å². The second kappa shape index (κ2) is 6.58. The SMILES string of the molecule is CCC(C(=O)O)N(C)C(=O)NC1CCCCC1O. The van der Waals surface area contributed by atoms with Gasteiger partial charge in [0.25, 0.3) is 0 Å². The third-order valence-electron chi connectivity index (χ3n) is 3.50. The maximum absolute atomic E-state index is 11.9. The smallest absolute Gasteiger partial charge is 0.326 e. The summed E-state index contributed by atoms with van der Waals surface area (Å²) in [6, 6.07) is -1.53. The van der Waals surface area contributed by atoms with Crippen LogP contribution in [0.5, 0.6) is 0 Å². The Morgan fingerprint density at radius 2 is 2.00 bits per heavy atom. The van der Waals surface area contributed by atoms with Crippen molar-refractivity contribution in [3.05, 3.63) is 0 Å². The summed E-state index contributed by atoms with van der Waals surface area (Å²) in [5, 5.41) is 21.4. The Morgan fingerprint density at radius 1 is 1.39 bits per heavy atom. The maximum Gasteiger partial charge on any atom is 0.326 e. The fourth-order valence-electron chi connectivity index (χ4n) is 2.30. The number of aliphatic carboxylic acids is 1. The normalized spacial score (nSPS) is 25.3. The van der Waals surface area contributed by atoms with Crippen molar-refractivity contribution in [1.29, 1.82) is 0 Å². The van der Waals surface area contributed by atoms with Gasteiger partial charge in [-0.2, -0.15) is 0 Å². The fraction of sp³-hybridized carbons (Fsp3) is 0.833. The number of amides is 2. The summed E-state index contributed by atoms with van der Waals surface area (Å²) < 4.78 is 0. The molecular formula is C12H22N2O4. The van der Waals surface area contributed by atoms with Gasteiger partial charge in [0.15, 0.2) is 0 Å². The molecule has 2 amide bonds. The zero-order valence-electron chi connectivity index (χ0n) is 10.9. The summed E-state index contributed by atoms with van der Waals surface area (Å²) in [6.45, 7) is 1.72. The van der Waals surface area contributed by atoms with Gasteiger partial charge >= 0.3 is 12.0 Å². The second-order valence-electron chi connectivity index (χ2n) is 4.78. The van der Waals surface area contributed by atoms with Crippen molar-refractivity contribution < 1.29 is 19.8 Å². The van der Waals surface area contributed by atoms with Crippen molar-refractivity contribution in [2.45, 2.75) is 57.2 Å². The first-order valence-electron chi connectivity index (χ1n) is 6.41. The average Bonchev–Trinajstić information content (AvgIpc) is 2.32. The van der Waals surface area contributed by atoms with E-state index in [1.165, 1.54) is 11.9 Å². The molecule has 3 N–H and O–H groups in total. The van der Waals surface area contributed by atoms with Crippen molar-refractivity contribution >= 4 is 12.0 Å². The molecule has 0 aromatic rings. The van der Waals surface area contributed by atoms with Crippen LogP contribution in [0.3, 0.4) is 0 Å². The predicted octanol–water partition coefficient (Wildman–Crippen LogP) is 0.794. The van der Waals surface area contributed by atoms with Crippen LogP contribution < -0.4 is 5.32 Å². The topological polar surface area (TPSA) is 89.9 Å². The van der Waals surface area contributed by atoms with Crippen molar-refractivity contribution in [2.75, 3.05) is 7.05 Å². The van der Waals surface area contributed by atoms with Crippen LogP contribution in [0.2, 0.25) is 0 Å². The number of nitrogens with one attached hydrogen (secondary N) is 1. The van der Waals surface area contributed by atoms with Gasteiger partial charge in [0, 0.05) is 7.05 Å². The first-order chi connectivity index (χ1) is 8.47. The van der Waals surface area contributed by atoms with Crippen molar-refractivity contribution in [1.82, 2.24) is 10.2 Å². The van der Waals surface area contributed by atoms with Gasteiger partial charge in [-0.15, -0.1) is 0 Å². The van der Waals surface area contributed by atoms with Crippen molar-refractivity contribution in [2.24, 2.45) is 0 Å². The number of urea groups is 1. The minimum atomic E-state index is -1.01. The molecule has 3 atom stereocenters. The molecule has 0 aromatic heterocycles. The highest BCUT2D eigenvalue weighted by molar-refractivity contribution is 5.82. The Morgan fingerprint density at radius 3 is 2.50 bits per heavy atom. The highest BCUT2D eigenvalue weighted by Gasteiger charge is 2.29. The van der Waals surface area contributed by atoms with E-state index in [1.54, 1.807) is 6.92 Å². The summed E-state index contributed by atoms with van der Waals surface area (Å²) in [5.74, 6) is -1.01. The highest BCUT2D eigenvalue weighted by atomic mass is 16.4. The molecule has 3 unspecified atom stereocenters. The minimum absolute atomic E-state index is 0.264. The number of nitrogens with zero attached hydrogens (tertiary/aromatic N) is 1. The van der Waals surface area contributed by atoms with Crippen LogP contribution >= 0.6 is 0 Å². The summed E-state index contributed by atoms with van der Waals surface area (Å²) in [6.07, 6.45) is 3.20. The van der Waals surface area contributed by atoms with Gasteiger partial charge in [0.1, 0.15) is 6.04 Å². The van der Waals surface area contributed by atoms with Gasteiger partial charge in [-0.3, -0.25) is 0 Å².